The van der Waals surface area contributed by atoms with Crippen molar-refractivity contribution < 1.29 is 19.1 Å². The molecule has 3 amide bonds. The first kappa shape index (κ1) is 19.3. The van der Waals surface area contributed by atoms with Crippen LogP contribution in [-0.4, -0.2) is 47.0 Å². The van der Waals surface area contributed by atoms with Crippen LogP contribution in [0.15, 0.2) is 0 Å². The number of hydrogen-bond acceptors (Lipinski definition) is 4. The van der Waals surface area contributed by atoms with E-state index in [4.69, 9.17) is 10.5 Å². The third kappa shape index (κ3) is 6.08. The zero-order valence-electron chi connectivity index (χ0n) is 14.7. The van der Waals surface area contributed by atoms with Gasteiger partial charge in [-0.15, -0.1) is 0 Å². The number of carbonyl (C=O) groups excluding carboxylic acids is 3. The Hall–Kier alpha value is -1.79. The van der Waals surface area contributed by atoms with Crippen molar-refractivity contribution in [1.82, 2.24) is 10.2 Å². The Morgan fingerprint density at radius 1 is 1.30 bits per heavy atom. The molecule has 1 fully saturated rings. The maximum absolute atomic E-state index is 12.7. The van der Waals surface area contributed by atoms with Gasteiger partial charge in [-0.2, -0.15) is 0 Å². The summed E-state index contributed by atoms with van der Waals surface area (Å²) in [7, 11) is 0. The van der Waals surface area contributed by atoms with E-state index in [0.717, 1.165) is 6.42 Å². The van der Waals surface area contributed by atoms with Crippen molar-refractivity contribution >= 4 is 17.9 Å². The maximum atomic E-state index is 12.7. The summed E-state index contributed by atoms with van der Waals surface area (Å²) in [6.45, 7) is 9.69. The first-order chi connectivity index (χ1) is 10.5. The van der Waals surface area contributed by atoms with Crippen molar-refractivity contribution in [2.24, 2.45) is 11.7 Å². The van der Waals surface area contributed by atoms with Crippen LogP contribution >= 0.6 is 0 Å². The van der Waals surface area contributed by atoms with Gasteiger partial charge in [-0.3, -0.25) is 9.59 Å². The molecule has 2 atom stereocenters. The monoisotopic (exact) mass is 327 g/mol. The highest BCUT2D eigenvalue weighted by molar-refractivity contribution is 5.91. The normalized spacial score (nSPS) is 19.6. The summed E-state index contributed by atoms with van der Waals surface area (Å²) < 4.78 is 5.22. The number of likely N-dealkylation sites (tertiary alicyclic amines) is 1. The van der Waals surface area contributed by atoms with Crippen LogP contribution in [0, 0.1) is 5.92 Å². The third-order valence-electron chi connectivity index (χ3n) is 3.56. The second kappa shape index (κ2) is 7.66. The number of nitrogens with zero attached hydrogens (tertiary/aromatic N) is 1. The molecular formula is C16H29N3O4. The van der Waals surface area contributed by atoms with E-state index >= 15 is 0 Å². The van der Waals surface area contributed by atoms with Gasteiger partial charge in [0.25, 0.3) is 0 Å². The smallest absolute Gasteiger partial charge is 0.408 e. The Kier molecular flexibility index (Phi) is 6.41. The van der Waals surface area contributed by atoms with Crippen molar-refractivity contribution in [3.05, 3.63) is 0 Å². The highest BCUT2D eigenvalue weighted by Crippen LogP contribution is 2.20. The van der Waals surface area contributed by atoms with Crippen molar-refractivity contribution in [1.29, 1.82) is 0 Å². The van der Waals surface area contributed by atoms with Gasteiger partial charge in [-0.1, -0.05) is 13.8 Å². The molecule has 1 saturated heterocycles. The van der Waals surface area contributed by atoms with Gasteiger partial charge in [-0.25, -0.2) is 4.79 Å². The molecular weight excluding hydrogens is 298 g/mol. The van der Waals surface area contributed by atoms with Gasteiger partial charge in [0.2, 0.25) is 11.8 Å². The first-order valence-corrected chi connectivity index (χ1v) is 8.10. The lowest BCUT2D eigenvalue weighted by Crippen LogP contribution is -2.53. The lowest BCUT2D eigenvalue weighted by atomic mass is 10.0. The van der Waals surface area contributed by atoms with Crippen molar-refractivity contribution in [2.75, 3.05) is 6.54 Å². The fourth-order valence-corrected chi connectivity index (χ4v) is 2.67. The van der Waals surface area contributed by atoms with Crippen molar-refractivity contribution in [3.8, 4) is 0 Å². The largest absolute Gasteiger partial charge is 0.444 e. The van der Waals surface area contributed by atoms with Crippen LogP contribution in [0.4, 0.5) is 4.79 Å². The molecule has 1 aliphatic rings. The highest BCUT2D eigenvalue weighted by Gasteiger charge is 2.37. The Morgan fingerprint density at radius 3 is 2.39 bits per heavy atom. The fraction of sp³-hybridized carbons (Fsp3) is 0.812. The zero-order chi connectivity index (χ0) is 17.8. The van der Waals surface area contributed by atoms with E-state index in [-0.39, 0.29) is 11.8 Å². The number of nitrogens with one attached hydrogen (secondary N) is 1. The summed E-state index contributed by atoms with van der Waals surface area (Å²) in [6, 6.07) is -1.30. The van der Waals surface area contributed by atoms with E-state index in [2.05, 4.69) is 5.32 Å². The molecule has 0 radical (unpaired) electrons. The van der Waals surface area contributed by atoms with Crippen molar-refractivity contribution in [3.63, 3.8) is 0 Å². The highest BCUT2D eigenvalue weighted by atomic mass is 16.6. The second-order valence-corrected chi connectivity index (χ2v) is 7.42. The number of primary amides is 1. The lowest BCUT2D eigenvalue weighted by molar-refractivity contribution is -0.139. The Morgan fingerprint density at radius 2 is 1.91 bits per heavy atom. The molecule has 3 N–H and O–H groups in total. The van der Waals surface area contributed by atoms with Crippen LogP contribution in [0.25, 0.3) is 0 Å². The first-order valence-electron chi connectivity index (χ1n) is 8.10. The van der Waals surface area contributed by atoms with E-state index in [1.165, 1.54) is 4.90 Å². The molecule has 7 nitrogen and oxygen atoms in total. The van der Waals surface area contributed by atoms with E-state index in [1.807, 2.05) is 13.8 Å². The van der Waals surface area contributed by atoms with Gasteiger partial charge >= 0.3 is 6.09 Å². The van der Waals surface area contributed by atoms with Crippen LogP contribution in [0.3, 0.4) is 0 Å². The quantitative estimate of drug-likeness (QED) is 0.797. The van der Waals surface area contributed by atoms with Gasteiger partial charge in [0.05, 0.1) is 0 Å². The number of rotatable bonds is 5. The SMILES string of the molecule is CC(C)C[C@H](NC(=O)OC(C)(C)C)C(=O)N1CCC[C@@H]1C(N)=O. The number of alkyl carbamates (subject to hydrolysis) is 1. The Balaban J connectivity index is 2.82. The van der Waals surface area contributed by atoms with Crippen LogP contribution < -0.4 is 11.1 Å². The van der Waals surface area contributed by atoms with E-state index in [9.17, 15) is 14.4 Å². The van der Waals surface area contributed by atoms with Gasteiger partial charge in [0, 0.05) is 6.54 Å². The molecule has 0 aliphatic carbocycles. The van der Waals surface area contributed by atoms with Gasteiger partial charge in [-0.05, 0) is 46.0 Å². The predicted molar refractivity (Wildman–Crippen MR) is 86.5 cm³/mol. The molecule has 1 heterocycles. The molecule has 7 heteroatoms. The van der Waals surface area contributed by atoms with Crippen LogP contribution in [0.5, 0.6) is 0 Å². The summed E-state index contributed by atoms with van der Waals surface area (Å²) in [5.41, 5.74) is 4.73. The molecule has 0 aromatic rings. The van der Waals surface area contributed by atoms with E-state index in [0.29, 0.717) is 19.4 Å². The minimum absolute atomic E-state index is 0.202. The van der Waals surface area contributed by atoms with E-state index < -0.39 is 29.7 Å². The molecule has 132 valence electrons. The third-order valence-corrected chi connectivity index (χ3v) is 3.56. The summed E-state index contributed by atoms with van der Waals surface area (Å²) >= 11 is 0. The summed E-state index contributed by atoms with van der Waals surface area (Å²) in [4.78, 5) is 37.7. The van der Waals surface area contributed by atoms with Crippen LogP contribution in [-0.2, 0) is 14.3 Å². The van der Waals surface area contributed by atoms with Gasteiger partial charge in [0.1, 0.15) is 17.7 Å². The standard InChI is InChI=1S/C16H29N3O4/c1-10(2)9-11(18-15(22)23-16(3,4)5)14(21)19-8-6-7-12(19)13(17)20/h10-12H,6-9H2,1-5H3,(H2,17,20)(H,18,22)/t11-,12+/m0/s1. The number of nitrogens with two attached hydrogens (primary N) is 1. The summed E-state index contributed by atoms with van der Waals surface area (Å²) in [6.07, 6.45) is 1.15. The molecule has 1 rings (SSSR count). The second-order valence-electron chi connectivity index (χ2n) is 7.42. The minimum atomic E-state index is -0.718. The summed E-state index contributed by atoms with van der Waals surface area (Å²) in [5, 5.41) is 2.64. The van der Waals surface area contributed by atoms with Crippen LogP contribution in [0.2, 0.25) is 0 Å². The van der Waals surface area contributed by atoms with Crippen molar-refractivity contribution in [2.45, 2.75) is 71.6 Å². The average Bonchev–Trinajstić information content (AvgIpc) is 2.83. The Labute approximate surface area is 137 Å². The topological polar surface area (TPSA) is 102 Å². The van der Waals surface area contributed by atoms with E-state index in [1.54, 1.807) is 20.8 Å². The zero-order valence-corrected chi connectivity index (χ0v) is 14.7. The minimum Gasteiger partial charge on any atom is -0.444 e. The fourth-order valence-electron chi connectivity index (χ4n) is 2.67. The molecule has 0 unspecified atom stereocenters. The molecule has 0 aromatic carbocycles. The number of hydrogen-bond donors (Lipinski definition) is 2. The molecule has 23 heavy (non-hydrogen) atoms. The number of amides is 3. The average molecular weight is 327 g/mol. The molecule has 0 bridgehead atoms. The lowest BCUT2D eigenvalue weighted by Gasteiger charge is -2.29. The number of ether oxygens (including phenoxy) is 1. The van der Waals surface area contributed by atoms with Crippen LogP contribution in [0.1, 0.15) is 53.9 Å². The maximum Gasteiger partial charge on any atom is 0.408 e. The molecule has 0 saturated carbocycles. The molecule has 0 aromatic heterocycles. The Bertz CT molecular complexity index is 457. The van der Waals surface area contributed by atoms with Gasteiger partial charge < -0.3 is 20.7 Å². The molecule has 0 spiro atoms. The number of carbonyl (C=O) groups is 3. The molecule has 1 aliphatic heterocycles. The van der Waals surface area contributed by atoms with Gasteiger partial charge in [0.15, 0.2) is 0 Å². The predicted octanol–water partition coefficient (Wildman–Crippen LogP) is 1.40. The summed E-state index contributed by atoms with van der Waals surface area (Å²) in [5.74, 6) is -0.573.